The summed E-state index contributed by atoms with van der Waals surface area (Å²) in [6, 6.07) is 27.0. The predicted octanol–water partition coefficient (Wildman–Crippen LogP) is 5.96. The first-order valence-corrected chi connectivity index (χ1v) is 9.41. The van der Waals surface area contributed by atoms with E-state index in [0.717, 1.165) is 30.2 Å². The highest BCUT2D eigenvalue weighted by atomic mass is 15.4. The fraction of sp³-hybridized carbons (Fsp3) is 0.125. The van der Waals surface area contributed by atoms with E-state index in [1.807, 2.05) is 48.5 Å². The number of nitrogens with one attached hydrogen (secondary N) is 2. The van der Waals surface area contributed by atoms with E-state index in [2.05, 4.69) is 77.0 Å². The minimum atomic E-state index is 0.735. The minimum absolute atomic E-state index is 0.735. The Balaban J connectivity index is 1.82. The van der Waals surface area contributed by atoms with E-state index in [9.17, 15) is 0 Å². The summed E-state index contributed by atoms with van der Waals surface area (Å²) in [5, 5.41) is 12.8. The summed E-state index contributed by atoms with van der Waals surface area (Å²) in [4.78, 5) is 0. The fourth-order valence-corrected chi connectivity index (χ4v) is 3.00. The molecule has 0 aliphatic heterocycles. The molecule has 0 aromatic heterocycles. The SMILES string of the molecule is C=NN(/C=C\C)CCNc1cc(Nc2ccccc2)ccc1-c1ccccc1. The summed E-state index contributed by atoms with van der Waals surface area (Å²) in [6.45, 7) is 7.07. The van der Waals surface area contributed by atoms with Gasteiger partial charge in [0.25, 0.3) is 0 Å². The van der Waals surface area contributed by atoms with Crippen molar-refractivity contribution in [2.75, 3.05) is 23.7 Å². The molecule has 0 saturated carbocycles. The largest absolute Gasteiger partial charge is 0.383 e. The molecule has 0 saturated heterocycles. The van der Waals surface area contributed by atoms with Crippen molar-refractivity contribution in [3.05, 3.63) is 91.1 Å². The van der Waals surface area contributed by atoms with Gasteiger partial charge in [0.05, 0.1) is 6.54 Å². The predicted molar refractivity (Wildman–Crippen MR) is 121 cm³/mol. The highest BCUT2D eigenvalue weighted by Gasteiger charge is 2.07. The van der Waals surface area contributed by atoms with E-state index < -0.39 is 0 Å². The highest BCUT2D eigenvalue weighted by molar-refractivity contribution is 5.81. The lowest BCUT2D eigenvalue weighted by atomic mass is 10.0. The van der Waals surface area contributed by atoms with E-state index in [1.165, 1.54) is 11.1 Å². The Labute approximate surface area is 167 Å². The lowest BCUT2D eigenvalue weighted by Gasteiger charge is -2.18. The van der Waals surface area contributed by atoms with Gasteiger partial charge < -0.3 is 10.6 Å². The highest BCUT2D eigenvalue weighted by Crippen LogP contribution is 2.31. The van der Waals surface area contributed by atoms with Crippen molar-refractivity contribution < 1.29 is 0 Å². The van der Waals surface area contributed by atoms with Gasteiger partial charge in [0.1, 0.15) is 0 Å². The number of para-hydroxylation sites is 1. The van der Waals surface area contributed by atoms with E-state index in [0.29, 0.717) is 0 Å². The van der Waals surface area contributed by atoms with Gasteiger partial charge in [0.2, 0.25) is 0 Å². The maximum absolute atomic E-state index is 4.01. The Bertz CT molecular complexity index is 904. The molecule has 0 bridgehead atoms. The van der Waals surface area contributed by atoms with Crippen LogP contribution in [-0.2, 0) is 0 Å². The lowest BCUT2D eigenvalue weighted by Crippen LogP contribution is -2.19. The Morgan fingerprint density at radius 1 is 0.929 bits per heavy atom. The van der Waals surface area contributed by atoms with E-state index in [-0.39, 0.29) is 0 Å². The van der Waals surface area contributed by atoms with E-state index >= 15 is 0 Å². The molecule has 0 aliphatic rings. The first kappa shape index (κ1) is 19.2. The minimum Gasteiger partial charge on any atom is -0.383 e. The van der Waals surface area contributed by atoms with Gasteiger partial charge in [0, 0.05) is 42.1 Å². The molecule has 3 aromatic carbocycles. The third-order valence-corrected chi connectivity index (χ3v) is 4.33. The summed E-state index contributed by atoms with van der Waals surface area (Å²) in [5.41, 5.74) is 5.54. The van der Waals surface area contributed by atoms with Crippen LogP contribution in [0.4, 0.5) is 17.1 Å². The summed E-state index contributed by atoms with van der Waals surface area (Å²) in [6.07, 6.45) is 3.87. The molecule has 0 amide bonds. The topological polar surface area (TPSA) is 39.7 Å². The van der Waals surface area contributed by atoms with Crippen molar-refractivity contribution in [2.24, 2.45) is 5.10 Å². The molecule has 0 spiro atoms. The molecule has 0 radical (unpaired) electrons. The van der Waals surface area contributed by atoms with Crippen molar-refractivity contribution in [3.8, 4) is 11.1 Å². The molecule has 3 aromatic rings. The van der Waals surface area contributed by atoms with Gasteiger partial charge in [-0.15, -0.1) is 0 Å². The summed E-state index contributed by atoms with van der Waals surface area (Å²) >= 11 is 0. The maximum atomic E-state index is 4.01. The molecular weight excluding hydrogens is 344 g/mol. The molecule has 3 rings (SSSR count). The van der Waals surface area contributed by atoms with Crippen molar-refractivity contribution in [1.29, 1.82) is 0 Å². The van der Waals surface area contributed by atoms with Crippen molar-refractivity contribution >= 4 is 23.8 Å². The average molecular weight is 371 g/mol. The zero-order valence-electron chi connectivity index (χ0n) is 16.2. The summed E-state index contributed by atoms with van der Waals surface area (Å²) in [7, 11) is 0. The first-order valence-electron chi connectivity index (χ1n) is 9.41. The van der Waals surface area contributed by atoms with Crippen molar-refractivity contribution in [2.45, 2.75) is 6.92 Å². The quantitative estimate of drug-likeness (QED) is 0.360. The number of anilines is 3. The molecule has 0 aliphatic carbocycles. The molecule has 28 heavy (non-hydrogen) atoms. The number of nitrogens with zero attached hydrogens (tertiary/aromatic N) is 2. The molecule has 2 N–H and O–H groups in total. The fourth-order valence-electron chi connectivity index (χ4n) is 3.00. The van der Waals surface area contributed by atoms with Crippen LogP contribution in [0.2, 0.25) is 0 Å². The molecular formula is C24H26N4. The Kier molecular flexibility index (Phi) is 6.85. The van der Waals surface area contributed by atoms with Crippen LogP contribution in [0.1, 0.15) is 6.92 Å². The monoisotopic (exact) mass is 370 g/mol. The Morgan fingerprint density at radius 2 is 1.64 bits per heavy atom. The number of hydrogen-bond donors (Lipinski definition) is 2. The normalized spacial score (nSPS) is 10.6. The molecule has 4 heteroatoms. The maximum Gasteiger partial charge on any atom is 0.0581 e. The zero-order chi connectivity index (χ0) is 19.6. The van der Waals surface area contributed by atoms with Gasteiger partial charge in [0.15, 0.2) is 0 Å². The average Bonchev–Trinajstić information content (AvgIpc) is 2.75. The third kappa shape index (κ3) is 5.24. The Morgan fingerprint density at radius 3 is 2.32 bits per heavy atom. The third-order valence-electron chi connectivity index (χ3n) is 4.33. The van der Waals surface area contributed by atoms with Crippen LogP contribution in [-0.4, -0.2) is 24.8 Å². The van der Waals surface area contributed by atoms with Crippen LogP contribution < -0.4 is 10.6 Å². The second kappa shape index (κ2) is 9.97. The van der Waals surface area contributed by atoms with Crippen LogP contribution in [0.15, 0.2) is 96.2 Å². The van der Waals surface area contributed by atoms with Gasteiger partial charge in [-0.2, -0.15) is 5.10 Å². The van der Waals surface area contributed by atoms with Crippen molar-refractivity contribution in [3.63, 3.8) is 0 Å². The van der Waals surface area contributed by atoms with E-state index in [1.54, 1.807) is 0 Å². The second-order valence-electron chi connectivity index (χ2n) is 6.33. The van der Waals surface area contributed by atoms with Gasteiger partial charge in [-0.3, -0.25) is 5.01 Å². The number of rotatable bonds is 9. The summed E-state index contributed by atoms with van der Waals surface area (Å²) in [5.74, 6) is 0. The zero-order valence-corrected chi connectivity index (χ0v) is 16.2. The van der Waals surface area contributed by atoms with Crippen LogP contribution in [0.5, 0.6) is 0 Å². The second-order valence-corrected chi connectivity index (χ2v) is 6.33. The van der Waals surface area contributed by atoms with Gasteiger partial charge in [-0.1, -0.05) is 60.7 Å². The number of benzene rings is 3. The van der Waals surface area contributed by atoms with Crippen LogP contribution in [0, 0.1) is 0 Å². The van der Waals surface area contributed by atoms with Gasteiger partial charge >= 0.3 is 0 Å². The van der Waals surface area contributed by atoms with Crippen LogP contribution in [0.3, 0.4) is 0 Å². The molecule has 4 nitrogen and oxygen atoms in total. The summed E-state index contributed by atoms with van der Waals surface area (Å²) < 4.78 is 0. The van der Waals surface area contributed by atoms with Gasteiger partial charge in [-0.05, 0) is 36.8 Å². The molecule has 142 valence electrons. The Hall–Kier alpha value is -3.53. The number of allylic oxidation sites excluding steroid dienone is 1. The van der Waals surface area contributed by atoms with Crippen LogP contribution in [0.25, 0.3) is 11.1 Å². The first-order chi connectivity index (χ1) is 13.8. The van der Waals surface area contributed by atoms with E-state index in [4.69, 9.17) is 0 Å². The lowest BCUT2D eigenvalue weighted by molar-refractivity contribution is 0.417. The molecule has 0 fully saturated rings. The smallest absolute Gasteiger partial charge is 0.0581 e. The number of hydrogen-bond acceptors (Lipinski definition) is 4. The molecule has 0 atom stereocenters. The van der Waals surface area contributed by atoms with Gasteiger partial charge in [-0.25, -0.2) is 0 Å². The molecule has 0 heterocycles. The molecule has 0 unspecified atom stereocenters. The van der Waals surface area contributed by atoms with Crippen LogP contribution >= 0.6 is 0 Å². The van der Waals surface area contributed by atoms with Crippen molar-refractivity contribution in [1.82, 2.24) is 5.01 Å². The number of hydrazone groups is 1. The standard InChI is InChI=1S/C24H26N4/c1-3-17-28(25-2)18-16-26-24-19-22(27-21-12-8-5-9-13-21)14-15-23(24)20-10-6-4-7-11-20/h3-15,17,19,26-27H,2,16,18H2,1H3/b17-3-.